The van der Waals surface area contributed by atoms with Gasteiger partial charge in [0.2, 0.25) is 0 Å². The van der Waals surface area contributed by atoms with Gasteiger partial charge in [0.1, 0.15) is 5.82 Å². The van der Waals surface area contributed by atoms with Gasteiger partial charge in [-0.3, -0.25) is 0 Å². The molecule has 2 aromatic carbocycles. The first kappa shape index (κ1) is 13.2. The molecule has 2 heterocycles. The van der Waals surface area contributed by atoms with Gasteiger partial charge in [-0.2, -0.15) is 0 Å². The first-order valence-electron chi connectivity index (χ1n) is 7.13. The number of hydrogen-bond acceptors (Lipinski definition) is 3. The third-order valence-electron chi connectivity index (χ3n) is 3.71. The van der Waals surface area contributed by atoms with E-state index in [-0.39, 0.29) is 0 Å². The summed E-state index contributed by atoms with van der Waals surface area (Å²) in [5.41, 5.74) is 4.45. The van der Waals surface area contributed by atoms with Gasteiger partial charge in [-0.15, -0.1) is 0 Å². The SMILES string of the molecule is C=C1SC=C(c2ccccc2)N1Cc1nc2ccccc2[nH]1. The fraction of sp³-hybridized carbons (Fsp3) is 0.0556. The van der Waals surface area contributed by atoms with E-state index in [0.717, 1.165) is 21.9 Å². The van der Waals surface area contributed by atoms with Gasteiger partial charge in [0.25, 0.3) is 0 Å². The lowest BCUT2D eigenvalue weighted by atomic mass is 10.1. The Labute approximate surface area is 133 Å². The zero-order chi connectivity index (χ0) is 14.9. The topological polar surface area (TPSA) is 31.9 Å². The molecule has 3 aromatic rings. The van der Waals surface area contributed by atoms with E-state index < -0.39 is 0 Å². The highest BCUT2D eigenvalue weighted by Crippen LogP contribution is 2.39. The van der Waals surface area contributed by atoms with Crippen LogP contribution in [0.2, 0.25) is 0 Å². The zero-order valence-electron chi connectivity index (χ0n) is 12.0. The van der Waals surface area contributed by atoms with E-state index in [1.54, 1.807) is 11.8 Å². The molecule has 0 radical (unpaired) electrons. The Bertz CT molecular complexity index is 831. The molecule has 1 aromatic heterocycles. The second-order valence-electron chi connectivity index (χ2n) is 5.17. The molecule has 0 bridgehead atoms. The van der Waals surface area contributed by atoms with Crippen LogP contribution in [0.3, 0.4) is 0 Å². The lowest BCUT2D eigenvalue weighted by Crippen LogP contribution is -2.16. The lowest BCUT2D eigenvalue weighted by Gasteiger charge is -2.21. The van der Waals surface area contributed by atoms with Crippen molar-refractivity contribution in [2.75, 3.05) is 0 Å². The van der Waals surface area contributed by atoms with E-state index in [4.69, 9.17) is 0 Å². The fourth-order valence-electron chi connectivity index (χ4n) is 2.62. The van der Waals surface area contributed by atoms with Gasteiger partial charge in [-0.25, -0.2) is 4.98 Å². The summed E-state index contributed by atoms with van der Waals surface area (Å²) < 4.78 is 0. The largest absolute Gasteiger partial charge is 0.340 e. The van der Waals surface area contributed by atoms with E-state index in [1.165, 1.54) is 11.3 Å². The minimum atomic E-state index is 0.696. The Hall–Kier alpha value is -2.46. The number of aromatic nitrogens is 2. The summed E-state index contributed by atoms with van der Waals surface area (Å²) in [5, 5.41) is 3.18. The number of nitrogens with one attached hydrogen (secondary N) is 1. The van der Waals surface area contributed by atoms with Crippen molar-refractivity contribution in [2.24, 2.45) is 0 Å². The van der Waals surface area contributed by atoms with E-state index >= 15 is 0 Å². The number of para-hydroxylation sites is 2. The molecule has 22 heavy (non-hydrogen) atoms. The van der Waals surface area contributed by atoms with Crippen LogP contribution in [0.1, 0.15) is 11.4 Å². The first-order valence-corrected chi connectivity index (χ1v) is 8.01. The third kappa shape index (κ3) is 2.31. The fourth-order valence-corrected chi connectivity index (χ4v) is 3.42. The van der Waals surface area contributed by atoms with Crippen molar-refractivity contribution in [1.82, 2.24) is 14.9 Å². The Morgan fingerprint density at radius 3 is 2.64 bits per heavy atom. The molecule has 0 saturated heterocycles. The van der Waals surface area contributed by atoms with Crippen molar-refractivity contribution in [3.05, 3.63) is 83.0 Å². The second-order valence-corrected chi connectivity index (χ2v) is 6.11. The number of benzene rings is 2. The molecule has 4 heteroatoms. The molecule has 0 fully saturated rings. The molecular weight excluding hydrogens is 290 g/mol. The van der Waals surface area contributed by atoms with Gasteiger partial charge in [0.15, 0.2) is 0 Å². The molecule has 0 saturated carbocycles. The summed E-state index contributed by atoms with van der Waals surface area (Å²) in [7, 11) is 0. The predicted octanol–water partition coefficient (Wildman–Crippen LogP) is 4.58. The summed E-state index contributed by atoms with van der Waals surface area (Å²) in [6.07, 6.45) is 0. The van der Waals surface area contributed by atoms with Crippen molar-refractivity contribution >= 4 is 28.5 Å². The number of fused-ring (bicyclic) bond motifs is 1. The van der Waals surface area contributed by atoms with Gasteiger partial charge >= 0.3 is 0 Å². The highest BCUT2D eigenvalue weighted by atomic mass is 32.2. The molecule has 108 valence electrons. The highest BCUT2D eigenvalue weighted by molar-refractivity contribution is 8.06. The van der Waals surface area contributed by atoms with Crippen molar-refractivity contribution in [2.45, 2.75) is 6.54 Å². The van der Waals surface area contributed by atoms with Crippen molar-refractivity contribution in [1.29, 1.82) is 0 Å². The number of nitrogens with zero attached hydrogens (tertiary/aromatic N) is 2. The quantitative estimate of drug-likeness (QED) is 0.768. The Morgan fingerprint density at radius 1 is 1.05 bits per heavy atom. The number of H-pyrrole nitrogens is 1. The summed E-state index contributed by atoms with van der Waals surface area (Å²) in [5.74, 6) is 0.951. The van der Waals surface area contributed by atoms with Crippen LogP contribution in [-0.2, 0) is 6.54 Å². The zero-order valence-corrected chi connectivity index (χ0v) is 12.8. The first-order chi connectivity index (χ1) is 10.8. The van der Waals surface area contributed by atoms with E-state index in [9.17, 15) is 0 Å². The minimum absolute atomic E-state index is 0.696. The van der Waals surface area contributed by atoms with Crippen LogP contribution >= 0.6 is 11.8 Å². The van der Waals surface area contributed by atoms with E-state index in [2.05, 4.69) is 51.1 Å². The van der Waals surface area contributed by atoms with Gasteiger partial charge < -0.3 is 9.88 Å². The molecule has 1 aliphatic rings. The molecule has 0 unspecified atom stereocenters. The van der Waals surface area contributed by atoms with Gasteiger partial charge in [0.05, 0.1) is 28.3 Å². The average Bonchev–Trinajstić information content (AvgIpc) is 3.12. The van der Waals surface area contributed by atoms with Crippen molar-refractivity contribution in [3.8, 4) is 0 Å². The number of rotatable bonds is 3. The van der Waals surface area contributed by atoms with Crippen LogP contribution in [0.4, 0.5) is 0 Å². The maximum Gasteiger partial charge on any atom is 0.127 e. The summed E-state index contributed by atoms with van der Waals surface area (Å²) in [4.78, 5) is 10.3. The smallest absolute Gasteiger partial charge is 0.127 e. The summed E-state index contributed by atoms with van der Waals surface area (Å²) >= 11 is 1.66. The second kappa shape index (κ2) is 5.39. The van der Waals surface area contributed by atoms with Crippen LogP contribution in [0.25, 0.3) is 16.7 Å². The molecule has 1 N–H and O–H groups in total. The van der Waals surface area contributed by atoms with Gasteiger partial charge in [-0.1, -0.05) is 60.8 Å². The van der Waals surface area contributed by atoms with E-state index in [1.807, 2.05) is 30.3 Å². The average molecular weight is 305 g/mol. The van der Waals surface area contributed by atoms with Crippen LogP contribution in [0.5, 0.6) is 0 Å². The van der Waals surface area contributed by atoms with Crippen LogP contribution in [-0.4, -0.2) is 14.9 Å². The Balaban J connectivity index is 1.65. The number of hydrogen-bond donors (Lipinski definition) is 1. The maximum atomic E-state index is 4.66. The highest BCUT2D eigenvalue weighted by Gasteiger charge is 2.22. The Kier molecular flexibility index (Phi) is 3.24. The lowest BCUT2D eigenvalue weighted by molar-refractivity contribution is 0.506. The van der Waals surface area contributed by atoms with Crippen LogP contribution in [0, 0.1) is 0 Å². The van der Waals surface area contributed by atoms with Crippen LogP contribution in [0.15, 0.2) is 71.6 Å². The summed E-state index contributed by atoms with van der Waals surface area (Å²) in [6, 6.07) is 18.5. The normalized spacial score (nSPS) is 14.6. The number of thioether (sulfide) groups is 1. The number of aromatic amines is 1. The third-order valence-corrected chi connectivity index (χ3v) is 4.55. The molecular formula is C18H15N3S. The number of imidazole rings is 1. The standard InChI is InChI=1S/C18H15N3S/c1-13-21(17(12-22-13)14-7-3-2-4-8-14)11-18-19-15-9-5-6-10-16(15)20-18/h2-10,12H,1,11H2,(H,19,20). The maximum absolute atomic E-state index is 4.66. The molecule has 0 spiro atoms. The summed E-state index contributed by atoms with van der Waals surface area (Å²) in [6.45, 7) is 4.85. The van der Waals surface area contributed by atoms with Gasteiger partial charge in [-0.05, 0) is 17.7 Å². The van der Waals surface area contributed by atoms with Crippen molar-refractivity contribution in [3.63, 3.8) is 0 Å². The van der Waals surface area contributed by atoms with E-state index in [0.29, 0.717) is 6.54 Å². The predicted molar refractivity (Wildman–Crippen MR) is 92.8 cm³/mol. The Morgan fingerprint density at radius 2 is 1.82 bits per heavy atom. The minimum Gasteiger partial charge on any atom is -0.340 e. The molecule has 0 aliphatic carbocycles. The molecule has 0 amide bonds. The molecule has 0 atom stereocenters. The molecule has 1 aliphatic heterocycles. The van der Waals surface area contributed by atoms with Crippen molar-refractivity contribution < 1.29 is 0 Å². The van der Waals surface area contributed by atoms with Gasteiger partial charge in [0, 0.05) is 5.41 Å². The molecule has 3 nitrogen and oxygen atoms in total. The monoisotopic (exact) mass is 305 g/mol. The van der Waals surface area contributed by atoms with Crippen LogP contribution < -0.4 is 0 Å². The molecule has 4 rings (SSSR count).